The molecule has 3 aromatic carbocycles. The van der Waals surface area contributed by atoms with E-state index in [0.29, 0.717) is 18.0 Å². The molecule has 2 N–H and O–H groups in total. The lowest BCUT2D eigenvalue weighted by atomic mass is 10.2. The SMILES string of the molecule is Cc1ccc(NC(=O)CCNC(=O)c2ccc(F)cc2Cl)c(OCc2ccccc2)c1. The largest absolute Gasteiger partial charge is 0.487 e. The molecule has 0 aliphatic heterocycles. The fraction of sp³-hybridized carbons (Fsp3) is 0.167. The molecule has 0 radical (unpaired) electrons. The highest BCUT2D eigenvalue weighted by atomic mass is 35.5. The summed E-state index contributed by atoms with van der Waals surface area (Å²) in [5.41, 5.74) is 2.73. The fourth-order valence-corrected chi connectivity index (χ4v) is 3.11. The molecular formula is C24H22ClFN2O3. The number of carbonyl (C=O) groups excluding carboxylic acids is 2. The molecule has 3 aromatic rings. The Kier molecular flexibility index (Phi) is 7.62. The number of ether oxygens (including phenoxy) is 1. The van der Waals surface area contributed by atoms with Crippen molar-refractivity contribution >= 4 is 29.1 Å². The number of rotatable bonds is 8. The van der Waals surface area contributed by atoms with E-state index in [1.54, 1.807) is 6.07 Å². The highest BCUT2D eigenvalue weighted by molar-refractivity contribution is 6.33. The van der Waals surface area contributed by atoms with E-state index in [9.17, 15) is 14.0 Å². The molecule has 160 valence electrons. The summed E-state index contributed by atoms with van der Waals surface area (Å²) in [5, 5.41) is 5.44. The van der Waals surface area contributed by atoms with E-state index >= 15 is 0 Å². The molecule has 2 amide bonds. The molecule has 0 spiro atoms. The smallest absolute Gasteiger partial charge is 0.252 e. The predicted octanol–water partition coefficient (Wildman–Crippen LogP) is 5.13. The third-order valence-electron chi connectivity index (χ3n) is 4.46. The Labute approximate surface area is 185 Å². The van der Waals surface area contributed by atoms with Gasteiger partial charge >= 0.3 is 0 Å². The Morgan fingerprint density at radius 3 is 2.55 bits per heavy atom. The Morgan fingerprint density at radius 1 is 1.03 bits per heavy atom. The predicted molar refractivity (Wildman–Crippen MR) is 119 cm³/mol. The van der Waals surface area contributed by atoms with Crippen molar-refractivity contribution in [3.8, 4) is 5.75 Å². The van der Waals surface area contributed by atoms with Gasteiger partial charge in [0.15, 0.2) is 0 Å². The van der Waals surface area contributed by atoms with Gasteiger partial charge in [0.2, 0.25) is 5.91 Å². The van der Waals surface area contributed by atoms with Gasteiger partial charge in [-0.25, -0.2) is 4.39 Å². The molecule has 0 heterocycles. The molecule has 0 unspecified atom stereocenters. The minimum absolute atomic E-state index is 0.0156. The average molecular weight is 441 g/mol. The van der Waals surface area contributed by atoms with Crippen molar-refractivity contribution in [1.29, 1.82) is 0 Å². The molecule has 0 aliphatic rings. The van der Waals surface area contributed by atoms with E-state index in [1.165, 1.54) is 6.07 Å². The summed E-state index contributed by atoms with van der Waals surface area (Å²) >= 11 is 5.88. The van der Waals surface area contributed by atoms with Crippen LogP contribution in [-0.2, 0) is 11.4 Å². The number of hydrogen-bond donors (Lipinski definition) is 2. The average Bonchev–Trinajstić information content (AvgIpc) is 2.74. The Balaban J connectivity index is 1.54. The highest BCUT2D eigenvalue weighted by Crippen LogP contribution is 2.27. The van der Waals surface area contributed by atoms with Crippen LogP contribution in [0.4, 0.5) is 10.1 Å². The molecule has 5 nitrogen and oxygen atoms in total. The van der Waals surface area contributed by atoms with Crippen molar-refractivity contribution in [3.63, 3.8) is 0 Å². The minimum atomic E-state index is -0.524. The summed E-state index contributed by atoms with van der Waals surface area (Å²) in [6.07, 6.45) is 0.0521. The van der Waals surface area contributed by atoms with Crippen molar-refractivity contribution in [3.05, 3.63) is 94.3 Å². The van der Waals surface area contributed by atoms with Gasteiger partial charge in [0, 0.05) is 13.0 Å². The maximum Gasteiger partial charge on any atom is 0.252 e. The normalized spacial score (nSPS) is 10.4. The molecule has 0 saturated heterocycles. The number of hydrogen-bond acceptors (Lipinski definition) is 3. The summed E-state index contributed by atoms with van der Waals surface area (Å²) in [7, 11) is 0. The first-order valence-corrected chi connectivity index (χ1v) is 10.1. The molecule has 0 fully saturated rings. The number of benzene rings is 3. The van der Waals surface area contributed by atoms with Crippen LogP contribution < -0.4 is 15.4 Å². The van der Waals surface area contributed by atoms with E-state index in [2.05, 4.69) is 10.6 Å². The summed E-state index contributed by atoms with van der Waals surface area (Å²) < 4.78 is 19.0. The lowest BCUT2D eigenvalue weighted by Gasteiger charge is -2.14. The third-order valence-corrected chi connectivity index (χ3v) is 4.77. The van der Waals surface area contributed by atoms with E-state index in [-0.39, 0.29) is 29.5 Å². The zero-order valence-electron chi connectivity index (χ0n) is 17.0. The summed E-state index contributed by atoms with van der Waals surface area (Å²) in [4.78, 5) is 24.5. The number of amides is 2. The van der Waals surface area contributed by atoms with Gasteiger partial charge in [0.1, 0.15) is 18.2 Å². The molecule has 0 aliphatic carbocycles. The Bertz CT molecular complexity index is 1070. The van der Waals surface area contributed by atoms with Crippen LogP contribution >= 0.6 is 11.6 Å². The molecule has 0 atom stereocenters. The molecular weight excluding hydrogens is 419 g/mol. The Hall–Kier alpha value is -3.38. The first-order valence-electron chi connectivity index (χ1n) is 9.73. The van der Waals surface area contributed by atoms with Crippen molar-refractivity contribution in [1.82, 2.24) is 5.32 Å². The van der Waals surface area contributed by atoms with Crippen molar-refractivity contribution in [2.75, 3.05) is 11.9 Å². The number of nitrogens with one attached hydrogen (secondary N) is 2. The van der Waals surface area contributed by atoms with Crippen LogP contribution in [-0.4, -0.2) is 18.4 Å². The van der Waals surface area contributed by atoms with Crippen LogP contribution in [0.2, 0.25) is 5.02 Å². The zero-order chi connectivity index (χ0) is 22.2. The van der Waals surface area contributed by atoms with Crippen molar-refractivity contribution in [2.24, 2.45) is 0 Å². The molecule has 0 aromatic heterocycles. The van der Waals surface area contributed by atoms with Crippen LogP contribution in [0, 0.1) is 12.7 Å². The summed E-state index contributed by atoms with van der Waals surface area (Å²) in [6, 6.07) is 18.8. The standard InChI is InChI=1S/C24H22ClFN2O3/c1-16-7-10-21(22(13-16)31-15-17-5-3-2-4-6-17)28-23(29)11-12-27-24(30)19-9-8-18(26)14-20(19)25/h2-10,13-14H,11-12,15H2,1H3,(H,27,30)(H,28,29). The quantitative estimate of drug-likeness (QED) is 0.510. The lowest BCUT2D eigenvalue weighted by Crippen LogP contribution is -2.28. The first kappa shape index (κ1) is 22.3. The minimum Gasteiger partial charge on any atom is -0.487 e. The second-order valence-electron chi connectivity index (χ2n) is 6.95. The summed E-state index contributed by atoms with van der Waals surface area (Å²) in [5.74, 6) is -0.706. The van der Waals surface area contributed by atoms with Crippen LogP contribution in [0.1, 0.15) is 27.9 Å². The molecule has 3 rings (SSSR count). The second kappa shape index (κ2) is 10.6. The van der Waals surface area contributed by atoms with E-state index < -0.39 is 11.7 Å². The first-order chi connectivity index (χ1) is 14.9. The zero-order valence-corrected chi connectivity index (χ0v) is 17.7. The maximum absolute atomic E-state index is 13.1. The van der Waals surface area contributed by atoms with Gasteiger partial charge in [0.05, 0.1) is 16.3 Å². The monoisotopic (exact) mass is 440 g/mol. The van der Waals surface area contributed by atoms with Crippen LogP contribution in [0.3, 0.4) is 0 Å². The highest BCUT2D eigenvalue weighted by Gasteiger charge is 2.13. The van der Waals surface area contributed by atoms with Gasteiger partial charge < -0.3 is 15.4 Å². The van der Waals surface area contributed by atoms with Crippen LogP contribution in [0.5, 0.6) is 5.75 Å². The van der Waals surface area contributed by atoms with E-state index in [4.69, 9.17) is 16.3 Å². The van der Waals surface area contributed by atoms with Crippen molar-refractivity contribution < 1.29 is 18.7 Å². The molecule has 31 heavy (non-hydrogen) atoms. The number of aryl methyl sites for hydroxylation is 1. The lowest BCUT2D eigenvalue weighted by molar-refractivity contribution is -0.116. The van der Waals surface area contributed by atoms with Crippen molar-refractivity contribution in [2.45, 2.75) is 20.0 Å². The Morgan fingerprint density at radius 2 is 1.81 bits per heavy atom. The molecule has 7 heteroatoms. The topological polar surface area (TPSA) is 67.4 Å². The van der Waals surface area contributed by atoms with Gasteiger partial charge in [0.25, 0.3) is 5.91 Å². The van der Waals surface area contributed by atoms with Gasteiger partial charge in [-0.3, -0.25) is 9.59 Å². The van der Waals surface area contributed by atoms with E-state index in [0.717, 1.165) is 23.3 Å². The number of halogens is 2. The fourth-order valence-electron chi connectivity index (χ4n) is 2.86. The van der Waals surface area contributed by atoms with Crippen LogP contribution in [0.15, 0.2) is 66.7 Å². The molecule has 0 bridgehead atoms. The van der Waals surface area contributed by atoms with Gasteiger partial charge in [-0.15, -0.1) is 0 Å². The van der Waals surface area contributed by atoms with Gasteiger partial charge in [-0.2, -0.15) is 0 Å². The summed E-state index contributed by atoms with van der Waals surface area (Å²) in [6.45, 7) is 2.42. The number of carbonyl (C=O) groups is 2. The van der Waals surface area contributed by atoms with Gasteiger partial charge in [-0.1, -0.05) is 48.0 Å². The third kappa shape index (κ3) is 6.55. The maximum atomic E-state index is 13.1. The molecule has 0 saturated carbocycles. The van der Waals surface area contributed by atoms with E-state index in [1.807, 2.05) is 49.4 Å². The second-order valence-corrected chi connectivity index (χ2v) is 7.36. The number of anilines is 1. The van der Waals surface area contributed by atoms with Crippen LogP contribution in [0.25, 0.3) is 0 Å². The van der Waals surface area contributed by atoms with Gasteiger partial charge in [-0.05, 0) is 48.4 Å².